The summed E-state index contributed by atoms with van der Waals surface area (Å²) in [4.78, 5) is 14.5. The molecule has 4 heteroatoms. The number of primary amides is 1. The highest BCUT2D eigenvalue weighted by Crippen LogP contribution is 1.98. The molecule has 1 heterocycles. The minimum Gasteiger partial charge on any atom is -0.368 e. The molecule has 4 nitrogen and oxygen atoms in total. The van der Waals surface area contributed by atoms with Crippen molar-refractivity contribution in [2.45, 2.75) is 26.3 Å². The molecule has 0 saturated carbocycles. The maximum atomic E-state index is 10.6. The molecule has 1 atom stereocenters. The Labute approximate surface area is 84.3 Å². The van der Waals surface area contributed by atoms with Crippen LogP contribution in [-0.2, 0) is 11.2 Å². The number of hydrogen-bond acceptors (Lipinski definition) is 3. The molecular weight excluding hydrogens is 178 g/mol. The molecule has 14 heavy (non-hydrogen) atoms. The Morgan fingerprint density at radius 1 is 1.57 bits per heavy atom. The van der Waals surface area contributed by atoms with Gasteiger partial charge in [-0.25, -0.2) is 0 Å². The van der Waals surface area contributed by atoms with E-state index in [2.05, 4.69) is 4.98 Å². The SMILES string of the molecule is CC.NC(=O)C(N)Cc1cccnc1. The zero-order chi connectivity index (χ0) is 11.0. The molecule has 0 aliphatic heterocycles. The molecule has 0 saturated heterocycles. The second-order valence-corrected chi connectivity index (χ2v) is 2.57. The van der Waals surface area contributed by atoms with Crippen LogP contribution in [0.3, 0.4) is 0 Å². The summed E-state index contributed by atoms with van der Waals surface area (Å²) < 4.78 is 0. The normalized spacial score (nSPS) is 11.1. The standard InChI is InChI=1S/C8H11N3O.C2H6/c9-7(8(10)12)4-6-2-1-3-11-5-6;1-2/h1-3,5,7H,4,9H2,(H2,10,12);1-2H3. The van der Waals surface area contributed by atoms with Crippen LogP contribution >= 0.6 is 0 Å². The fraction of sp³-hybridized carbons (Fsp3) is 0.400. The number of pyridine rings is 1. The van der Waals surface area contributed by atoms with E-state index in [0.29, 0.717) is 6.42 Å². The zero-order valence-corrected chi connectivity index (χ0v) is 8.60. The molecular formula is C10H17N3O. The van der Waals surface area contributed by atoms with Gasteiger partial charge >= 0.3 is 0 Å². The van der Waals surface area contributed by atoms with E-state index in [1.54, 1.807) is 18.5 Å². The molecule has 0 aromatic carbocycles. The van der Waals surface area contributed by atoms with Crippen molar-refractivity contribution >= 4 is 5.91 Å². The maximum absolute atomic E-state index is 10.6. The molecule has 0 aliphatic rings. The summed E-state index contributed by atoms with van der Waals surface area (Å²) in [5.74, 6) is -0.487. The van der Waals surface area contributed by atoms with Crippen LogP contribution in [0.4, 0.5) is 0 Å². The molecule has 0 spiro atoms. The highest BCUT2D eigenvalue weighted by molar-refractivity contribution is 5.79. The van der Waals surface area contributed by atoms with E-state index in [1.165, 1.54) is 0 Å². The van der Waals surface area contributed by atoms with Crippen LogP contribution in [0.25, 0.3) is 0 Å². The molecule has 0 bridgehead atoms. The number of hydrogen-bond donors (Lipinski definition) is 2. The molecule has 4 N–H and O–H groups in total. The van der Waals surface area contributed by atoms with Crippen LogP contribution in [0.15, 0.2) is 24.5 Å². The lowest BCUT2D eigenvalue weighted by atomic mass is 10.1. The van der Waals surface area contributed by atoms with Gasteiger partial charge in [-0.15, -0.1) is 0 Å². The Bertz CT molecular complexity index is 261. The summed E-state index contributed by atoms with van der Waals surface area (Å²) in [6.45, 7) is 4.00. The number of nitrogens with two attached hydrogens (primary N) is 2. The van der Waals surface area contributed by atoms with Gasteiger partial charge in [0.05, 0.1) is 6.04 Å². The van der Waals surface area contributed by atoms with Crippen LogP contribution in [-0.4, -0.2) is 16.9 Å². The van der Waals surface area contributed by atoms with E-state index >= 15 is 0 Å². The van der Waals surface area contributed by atoms with Gasteiger partial charge in [0.15, 0.2) is 0 Å². The first-order valence-electron chi connectivity index (χ1n) is 4.64. The van der Waals surface area contributed by atoms with E-state index in [1.807, 2.05) is 19.9 Å². The van der Waals surface area contributed by atoms with Gasteiger partial charge in [-0.2, -0.15) is 0 Å². The van der Waals surface area contributed by atoms with Gasteiger partial charge < -0.3 is 11.5 Å². The second kappa shape index (κ2) is 7.03. The summed E-state index contributed by atoms with van der Waals surface area (Å²) in [6.07, 6.45) is 3.78. The first-order valence-corrected chi connectivity index (χ1v) is 4.64. The van der Waals surface area contributed by atoms with Crippen molar-refractivity contribution < 1.29 is 4.79 Å². The summed E-state index contributed by atoms with van der Waals surface area (Å²) in [5, 5.41) is 0. The van der Waals surface area contributed by atoms with Crippen LogP contribution in [0, 0.1) is 0 Å². The third-order valence-electron chi connectivity index (χ3n) is 1.54. The quantitative estimate of drug-likeness (QED) is 0.735. The molecule has 1 aromatic heterocycles. The monoisotopic (exact) mass is 195 g/mol. The molecule has 78 valence electrons. The van der Waals surface area contributed by atoms with Crippen molar-refractivity contribution in [1.29, 1.82) is 0 Å². The Kier molecular flexibility index (Phi) is 6.32. The van der Waals surface area contributed by atoms with E-state index in [0.717, 1.165) is 5.56 Å². The summed E-state index contributed by atoms with van der Waals surface area (Å²) in [7, 11) is 0. The predicted molar refractivity (Wildman–Crippen MR) is 56.5 cm³/mol. The van der Waals surface area contributed by atoms with E-state index in [-0.39, 0.29) is 0 Å². The Morgan fingerprint density at radius 3 is 2.64 bits per heavy atom. The van der Waals surface area contributed by atoms with Gasteiger partial charge in [0.1, 0.15) is 0 Å². The molecule has 1 amide bonds. The molecule has 0 radical (unpaired) electrons. The highest BCUT2D eigenvalue weighted by Gasteiger charge is 2.09. The van der Waals surface area contributed by atoms with E-state index < -0.39 is 11.9 Å². The summed E-state index contributed by atoms with van der Waals surface area (Å²) >= 11 is 0. The molecule has 1 rings (SSSR count). The first kappa shape index (κ1) is 12.6. The highest BCUT2D eigenvalue weighted by atomic mass is 16.1. The average molecular weight is 195 g/mol. The Morgan fingerprint density at radius 2 is 2.21 bits per heavy atom. The summed E-state index contributed by atoms with van der Waals surface area (Å²) in [5.41, 5.74) is 11.4. The van der Waals surface area contributed by atoms with Gasteiger partial charge in [-0.1, -0.05) is 19.9 Å². The lowest BCUT2D eigenvalue weighted by Crippen LogP contribution is -2.38. The van der Waals surface area contributed by atoms with Crippen molar-refractivity contribution in [1.82, 2.24) is 4.98 Å². The Balaban J connectivity index is 0.000000791. The van der Waals surface area contributed by atoms with Crippen LogP contribution in [0.5, 0.6) is 0 Å². The predicted octanol–water partition coefficient (Wildman–Crippen LogP) is 0.463. The smallest absolute Gasteiger partial charge is 0.234 e. The maximum Gasteiger partial charge on any atom is 0.234 e. The number of carbonyl (C=O) groups excluding carboxylic acids is 1. The van der Waals surface area contributed by atoms with Gasteiger partial charge in [0, 0.05) is 12.4 Å². The van der Waals surface area contributed by atoms with Crippen molar-refractivity contribution in [3.8, 4) is 0 Å². The van der Waals surface area contributed by atoms with E-state index in [9.17, 15) is 4.79 Å². The minimum absolute atomic E-state index is 0.448. The number of carbonyl (C=O) groups is 1. The zero-order valence-electron chi connectivity index (χ0n) is 8.60. The fourth-order valence-corrected chi connectivity index (χ4v) is 0.873. The van der Waals surface area contributed by atoms with Gasteiger partial charge in [0.25, 0.3) is 0 Å². The number of aromatic nitrogens is 1. The average Bonchev–Trinajstić information content (AvgIpc) is 2.22. The lowest BCUT2D eigenvalue weighted by Gasteiger charge is -2.05. The topological polar surface area (TPSA) is 82.0 Å². The van der Waals surface area contributed by atoms with E-state index in [4.69, 9.17) is 11.5 Å². The van der Waals surface area contributed by atoms with Crippen molar-refractivity contribution in [2.75, 3.05) is 0 Å². The van der Waals surface area contributed by atoms with Crippen LogP contribution in [0.1, 0.15) is 19.4 Å². The van der Waals surface area contributed by atoms with Gasteiger partial charge in [-0.05, 0) is 18.1 Å². The number of rotatable bonds is 3. The Hall–Kier alpha value is -1.42. The molecule has 0 fully saturated rings. The van der Waals surface area contributed by atoms with Crippen molar-refractivity contribution in [3.63, 3.8) is 0 Å². The first-order chi connectivity index (χ1) is 6.70. The van der Waals surface area contributed by atoms with Gasteiger partial charge in [0.2, 0.25) is 5.91 Å². The third kappa shape index (κ3) is 4.57. The van der Waals surface area contributed by atoms with Gasteiger partial charge in [-0.3, -0.25) is 9.78 Å². The third-order valence-corrected chi connectivity index (χ3v) is 1.54. The fourth-order valence-electron chi connectivity index (χ4n) is 0.873. The minimum atomic E-state index is -0.616. The lowest BCUT2D eigenvalue weighted by molar-refractivity contribution is -0.119. The largest absolute Gasteiger partial charge is 0.368 e. The number of amides is 1. The van der Waals surface area contributed by atoms with Crippen LogP contribution in [0.2, 0.25) is 0 Å². The number of nitrogens with zero attached hydrogens (tertiary/aromatic N) is 1. The van der Waals surface area contributed by atoms with Crippen molar-refractivity contribution in [3.05, 3.63) is 30.1 Å². The molecule has 1 aromatic rings. The van der Waals surface area contributed by atoms with Crippen molar-refractivity contribution in [2.24, 2.45) is 11.5 Å². The second-order valence-electron chi connectivity index (χ2n) is 2.57. The summed E-state index contributed by atoms with van der Waals surface area (Å²) in [6, 6.07) is 3.04. The molecule has 1 unspecified atom stereocenters. The van der Waals surface area contributed by atoms with Crippen LogP contribution < -0.4 is 11.5 Å². The molecule has 0 aliphatic carbocycles.